The van der Waals surface area contributed by atoms with Crippen LogP contribution in [0.4, 0.5) is 0 Å². The zero-order valence-corrected chi connectivity index (χ0v) is 18.4. The van der Waals surface area contributed by atoms with Gasteiger partial charge in [0.15, 0.2) is 11.5 Å². The van der Waals surface area contributed by atoms with E-state index < -0.39 is 0 Å². The minimum atomic E-state index is -0.0291. The van der Waals surface area contributed by atoms with Crippen LogP contribution in [0.25, 0.3) is 0 Å². The van der Waals surface area contributed by atoms with Crippen LogP contribution < -0.4 is 14.8 Å². The van der Waals surface area contributed by atoms with Gasteiger partial charge in [-0.05, 0) is 63.6 Å². The molecule has 2 aliphatic rings. The van der Waals surface area contributed by atoms with Crippen molar-refractivity contribution in [3.8, 4) is 11.5 Å². The van der Waals surface area contributed by atoms with Crippen LogP contribution in [0.1, 0.15) is 75.6 Å². The van der Waals surface area contributed by atoms with E-state index in [1.54, 1.807) is 7.11 Å². The Balaban J connectivity index is 1.51. The molecule has 0 unspecified atom stereocenters. The zero-order chi connectivity index (χ0) is 20.6. The maximum absolute atomic E-state index is 12.6. The summed E-state index contributed by atoms with van der Waals surface area (Å²) in [5.74, 6) is 2.21. The Kier molecular flexibility index (Phi) is 8.22. The summed E-state index contributed by atoms with van der Waals surface area (Å²) in [6.07, 6.45) is 9.94. The predicted octanol–water partition coefficient (Wildman–Crippen LogP) is 4.65. The van der Waals surface area contributed by atoms with E-state index in [0.717, 1.165) is 44.8 Å². The average molecular weight is 403 g/mol. The summed E-state index contributed by atoms with van der Waals surface area (Å²) in [6.45, 7) is 7.31. The van der Waals surface area contributed by atoms with Crippen molar-refractivity contribution in [2.45, 2.75) is 77.4 Å². The number of carbonyl (C=O) groups excluding carboxylic acids is 1. The molecule has 0 spiro atoms. The number of nitrogens with one attached hydrogen (secondary N) is 1. The average Bonchev–Trinajstić information content (AvgIpc) is 3.25. The summed E-state index contributed by atoms with van der Waals surface area (Å²) in [5.41, 5.74) is 0.640. The minimum absolute atomic E-state index is 0.0291. The number of carbonyl (C=O) groups is 1. The van der Waals surface area contributed by atoms with Crippen molar-refractivity contribution >= 4 is 5.91 Å². The van der Waals surface area contributed by atoms with Gasteiger partial charge in [-0.3, -0.25) is 4.79 Å². The van der Waals surface area contributed by atoms with E-state index in [2.05, 4.69) is 24.1 Å². The van der Waals surface area contributed by atoms with Gasteiger partial charge >= 0.3 is 0 Å². The quantitative estimate of drug-likeness (QED) is 0.611. The Morgan fingerprint density at radius 1 is 1.14 bits per heavy atom. The van der Waals surface area contributed by atoms with Crippen molar-refractivity contribution in [3.05, 3.63) is 23.8 Å². The van der Waals surface area contributed by atoms with Crippen LogP contribution in [0.15, 0.2) is 18.2 Å². The molecule has 162 valence electrons. The molecule has 0 radical (unpaired) electrons. The molecule has 1 N–H and O–H groups in total. The van der Waals surface area contributed by atoms with Crippen molar-refractivity contribution in [2.75, 3.05) is 26.7 Å². The fourth-order valence-electron chi connectivity index (χ4n) is 4.59. The first-order chi connectivity index (χ1) is 14.1. The molecule has 29 heavy (non-hydrogen) atoms. The van der Waals surface area contributed by atoms with Gasteiger partial charge in [-0.2, -0.15) is 0 Å². The SMILES string of the molecule is COc1ccc(C(=O)NCCCC2CCCC2)cc1OC1CCN(C(C)C)CC1. The topological polar surface area (TPSA) is 50.8 Å². The van der Waals surface area contributed by atoms with E-state index in [-0.39, 0.29) is 12.0 Å². The maximum Gasteiger partial charge on any atom is 0.251 e. The van der Waals surface area contributed by atoms with Crippen LogP contribution in [-0.2, 0) is 0 Å². The Bertz CT molecular complexity index is 648. The van der Waals surface area contributed by atoms with E-state index in [4.69, 9.17) is 9.47 Å². The highest BCUT2D eigenvalue weighted by atomic mass is 16.5. The molecule has 1 heterocycles. The highest BCUT2D eigenvalue weighted by Gasteiger charge is 2.23. The minimum Gasteiger partial charge on any atom is -0.493 e. The van der Waals surface area contributed by atoms with E-state index >= 15 is 0 Å². The van der Waals surface area contributed by atoms with E-state index in [9.17, 15) is 4.79 Å². The summed E-state index contributed by atoms with van der Waals surface area (Å²) < 4.78 is 11.7. The molecule has 1 amide bonds. The molecule has 1 aromatic carbocycles. The lowest BCUT2D eigenvalue weighted by Crippen LogP contribution is -2.41. The van der Waals surface area contributed by atoms with Gasteiger partial charge in [0, 0.05) is 31.2 Å². The van der Waals surface area contributed by atoms with Crippen LogP contribution in [0.5, 0.6) is 11.5 Å². The molecule has 1 saturated carbocycles. The number of ether oxygens (including phenoxy) is 2. The van der Waals surface area contributed by atoms with E-state index in [0.29, 0.717) is 23.1 Å². The predicted molar refractivity (Wildman–Crippen MR) is 117 cm³/mol. The smallest absolute Gasteiger partial charge is 0.251 e. The van der Waals surface area contributed by atoms with Gasteiger partial charge in [0.25, 0.3) is 5.91 Å². The lowest BCUT2D eigenvalue weighted by molar-refractivity contribution is 0.0819. The molecule has 5 nitrogen and oxygen atoms in total. The Hall–Kier alpha value is -1.75. The summed E-state index contributed by atoms with van der Waals surface area (Å²) in [4.78, 5) is 15.1. The number of methoxy groups -OCH3 is 1. The fraction of sp³-hybridized carbons (Fsp3) is 0.708. The van der Waals surface area contributed by atoms with Gasteiger partial charge in [-0.25, -0.2) is 0 Å². The third-order valence-corrected chi connectivity index (χ3v) is 6.48. The zero-order valence-electron chi connectivity index (χ0n) is 18.4. The van der Waals surface area contributed by atoms with Gasteiger partial charge in [0.1, 0.15) is 6.10 Å². The lowest BCUT2D eigenvalue weighted by atomic mass is 10.0. The molecule has 3 rings (SSSR count). The van der Waals surface area contributed by atoms with E-state index in [1.807, 2.05) is 18.2 Å². The number of amides is 1. The Labute approximate surface area is 176 Å². The fourth-order valence-corrected chi connectivity index (χ4v) is 4.59. The molecule has 0 atom stereocenters. The second kappa shape index (κ2) is 10.9. The van der Waals surface area contributed by atoms with Crippen LogP contribution in [0, 0.1) is 5.92 Å². The van der Waals surface area contributed by atoms with Crippen molar-refractivity contribution in [2.24, 2.45) is 5.92 Å². The van der Waals surface area contributed by atoms with Gasteiger partial charge in [0.05, 0.1) is 7.11 Å². The van der Waals surface area contributed by atoms with Gasteiger partial charge in [-0.1, -0.05) is 25.7 Å². The number of hydrogen-bond acceptors (Lipinski definition) is 4. The van der Waals surface area contributed by atoms with Crippen LogP contribution in [0.2, 0.25) is 0 Å². The monoisotopic (exact) mass is 402 g/mol. The van der Waals surface area contributed by atoms with Crippen molar-refractivity contribution in [1.82, 2.24) is 10.2 Å². The number of rotatable bonds is 9. The molecular formula is C24H38N2O3. The van der Waals surface area contributed by atoms with Gasteiger partial charge in [0.2, 0.25) is 0 Å². The largest absolute Gasteiger partial charge is 0.493 e. The number of hydrogen-bond donors (Lipinski definition) is 1. The van der Waals surface area contributed by atoms with Crippen LogP contribution in [0.3, 0.4) is 0 Å². The summed E-state index contributed by atoms with van der Waals surface area (Å²) >= 11 is 0. The molecule has 0 bridgehead atoms. The molecule has 1 saturated heterocycles. The highest BCUT2D eigenvalue weighted by molar-refractivity contribution is 5.94. The number of nitrogens with zero attached hydrogens (tertiary/aromatic N) is 1. The number of piperidine rings is 1. The highest BCUT2D eigenvalue weighted by Crippen LogP contribution is 2.31. The number of likely N-dealkylation sites (tertiary alicyclic amines) is 1. The third-order valence-electron chi connectivity index (χ3n) is 6.48. The van der Waals surface area contributed by atoms with Crippen molar-refractivity contribution in [1.29, 1.82) is 0 Å². The van der Waals surface area contributed by atoms with Crippen molar-refractivity contribution in [3.63, 3.8) is 0 Å². The molecule has 5 heteroatoms. The number of benzene rings is 1. The summed E-state index contributed by atoms with van der Waals surface area (Å²) in [7, 11) is 1.65. The van der Waals surface area contributed by atoms with Crippen LogP contribution in [-0.4, -0.2) is 49.7 Å². The van der Waals surface area contributed by atoms with Gasteiger partial charge in [-0.15, -0.1) is 0 Å². The first-order valence-corrected chi connectivity index (χ1v) is 11.4. The van der Waals surface area contributed by atoms with Crippen molar-refractivity contribution < 1.29 is 14.3 Å². The third kappa shape index (κ3) is 6.36. The second-order valence-corrected chi connectivity index (χ2v) is 8.86. The molecule has 1 aliphatic heterocycles. The second-order valence-electron chi connectivity index (χ2n) is 8.86. The molecule has 2 fully saturated rings. The first-order valence-electron chi connectivity index (χ1n) is 11.4. The maximum atomic E-state index is 12.6. The van der Waals surface area contributed by atoms with E-state index in [1.165, 1.54) is 32.1 Å². The molecule has 1 aliphatic carbocycles. The molecule has 1 aromatic rings. The van der Waals surface area contributed by atoms with Crippen LogP contribution >= 0.6 is 0 Å². The first kappa shape index (κ1) is 21.9. The standard InChI is InChI=1S/C24H38N2O3/c1-18(2)26-15-12-21(13-16-26)29-23-17-20(10-11-22(23)28-3)24(27)25-14-6-9-19-7-4-5-8-19/h10-11,17-19,21H,4-9,12-16H2,1-3H3,(H,25,27). The lowest BCUT2D eigenvalue weighted by Gasteiger charge is -2.34. The Morgan fingerprint density at radius 2 is 1.86 bits per heavy atom. The summed E-state index contributed by atoms with van der Waals surface area (Å²) in [5, 5.41) is 3.07. The molecular weight excluding hydrogens is 364 g/mol. The van der Waals surface area contributed by atoms with Gasteiger partial charge < -0.3 is 19.7 Å². The summed E-state index contributed by atoms with van der Waals surface area (Å²) in [6, 6.07) is 6.07. The normalized spacial score (nSPS) is 18.9. The Morgan fingerprint density at radius 3 is 2.52 bits per heavy atom. The molecule has 0 aromatic heterocycles.